The monoisotopic (exact) mass is 453 g/mol. The average Bonchev–Trinajstić information content (AvgIpc) is 3.49. The molecule has 0 atom stereocenters. The van der Waals surface area contributed by atoms with E-state index in [9.17, 15) is 9.59 Å². The fourth-order valence-electron chi connectivity index (χ4n) is 4.79. The van der Waals surface area contributed by atoms with Crippen molar-refractivity contribution in [2.75, 3.05) is 7.11 Å². The van der Waals surface area contributed by atoms with Crippen LogP contribution >= 0.6 is 0 Å². The maximum Gasteiger partial charge on any atom is 0.337 e. The van der Waals surface area contributed by atoms with Crippen molar-refractivity contribution >= 4 is 23.6 Å². The number of methoxy groups -OCH3 is 1. The van der Waals surface area contributed by atoms with Crippen LogP contribution in [0.3, 0.4) is 0 Å². The first kappa shape index (κ1) is 22.0. The van der Waals surface area contributed by atoms with E-state index in [0.717, 1.165) is 42.5 Å². The van der Waals surface area contributed by atoms with Gasteiger partial charge in [0, 0.05) is 17.2 Å². The van der Waals surface area contributed by atoms with Gasteiger partial charge in [-0.2, -0.15) is 0 Å². The minimum Gasteiger partial charge on any atom is -0.465 e. The highest BCUT2D eigenvalue weighted by Gasteiger charge is 2.35. The lowest BCUT2D eigenvalue weighted by Crippen LogP contribution is -2.37. The Kier molecular flexibility index (Phi) is 6.17. The van der Waals surface area contributed by atoms with Crippen LogP contribution < -0.4 is 0 Å². The SMILES string of the molecule is COC(=O)c1ccc(-c2ccc(/C=C3\C=C(c4ccccc4)N(C4CCCCC4)C3=O)o2)cc1. The van der Waals surface area contributed by atoms with Crippen LogP contribution in [0.15, 0.2) is 82.8 Å². The van der Waals surface area contributed by atoms with Gasteiger partial charge in [-0.3, -0.25) is 4.79 Å². The number of esters is 1. The maximum atomic E-state index is 13.5. The number of carbonyl (C=O) groups excluding carboxylic acids is 2. The Bertz CT molecular complexity index is 1240. The summed E-state index contributed by atoms with van der Waals surface area (Å²) in [5, 5.41) is 0. The molecule has 0 unspecified atom stereocenters. The molecule has 2 heterocycles. The Morgan fingerprint density at radius 1 is 0.941 bits per heavy atom. The van der Waals surface area contributed by atoms with E-state index in [-0.39, 0.29) is 17.9 Å². The summed E-state index contributed by atoms with van der Waals surface area (Å²) in [6.45, 7) is 0. The molecular formula is C29H27NO4. The van der Waals surface area contributed by atoms with Gasteiger partial charge in [-0.05, 0) is 54.8 Å². The standard InChI is InChI=1S/C29H27NO4/c1-33-29(32)22-14-12-21(13-15-22)27-17-16-25(34-27)18-23-19-26(20-8-4-2-5-9-20)30(28(23)31)24-10-6-3-7-11-24/h2,4-5,8-9,12-19,24H,3,6-7,10-11H2,1H3/b23-18+. The Balaban J connectivity index is 1.44. The lowest BCUT2D eigenvalue weighted by Gasteiger charge is -2.33. The molecule has 3 aromatic rings. The Labute approximate surface area is 199 Å². The van der Waals surface area contributed by atoms with E-state index in [4.69, 9.17) is 9.15 Å². The van der Waals surface area contributed by atoms with Gasteiger partial charge in [0.2, 0.25) is 0 Å². The fraction of sp³-hybridized carbons (Fsp3) is 0.241. The topological polar surface area (TPSA) is 59.8 Å². The molecule has 1 fully saturated rings. The first-order valence-corrected chi connectivity index (χ1v) is 11.7. The van der Waals surface area contributed by atoms with Crippen molar-refractivity contribution in [3.8, 4) is 11.3 Å². The third kappa shape index (κ3) is 4.34. The predicted octanol–water partition coefficient (Wildman–Crippen LogP) is 6.33. The number of furan rings is 1. The molecule has 1 saturated carbocycles. The quantitative estimate of drug-likeness (QED) is 0.334. The summed E-state index contributed by atoms with van der Waals surface area (Å²) in [6, 6.07) is 21.1. The molecule has 0 radical (unpaired) electrons. The van der Waals surface area contributed by atoms with E-state index in [2.05, 4.69) is 12.1 Å². The van der Waals surface area contributed by atoms with Gasteiger partial charge < -0.3 is 14.1 Å². The molecule has 2 aliphatic rings. The smallest absolute Gasteiger partial charge is 0.337 e. The molecule has 5 nitrogen and oxygen atoms in total. The highest BCUT2D eigenvalue weighted by molar-refractivity contribution is 6.10. The van der Waals surface area contributed by atoms with Gasteiger partial charge >= 0.3 is 5.97 Å². The summed E-state index contributed by atoms with van der Waals surface area (Å²) in [5.74, 6) is 0.945. The van der Waals surface area contributed by atoms with E-state index in [1.165, 1.54) is 13.5 Å². The van der Waals surface area contributed by atoms with Crippen molar-refractivity contribution in [2.24, 2.45) is 0 Å². The van der Waals surface area contributed by atoms with Crippen LogP contribution in [-0.4, -0.2) is 29.9 Å². The average molecular weight is 454 g/mol. The van der Waals surface area contributed by atoms with Crippen LogP contribution in [0.2, 0.25) is 0 Å². The number of benzene rings is 2. The molecule has 34 heavy (non-hydrogen) atoms. The molecule has 0 N–H and O–H groups in total. The number of amides is 1. The molecule has 5 heteroatoms. The van der Waals surface area contributed by atoms with Gasteiger partial charge in [0.05, 0.1) is 18.4 Å². The molecular weight excluding hydrogens is 426 g/mol. The number of hydrogen-bond donors (Lipinski definition) is 0. The summed E-state index contributed by atoms with van der Waals surface area (Å²) in [7, 11) is 1.36. The zero-order chi connectivity index (χ0) is 23.5. The second-order valence-corrected chi connectivity index (χ2v) is 8.73. The van der Waals surface area contributed by atoms with Crippen molar-refractivity contribution < 1.29 is 18.7 Å². The third-order valence-electron chi connectivity index (χ3n) is 6.54. The molecule has 0 spiro atoms. The minimum absolute atomic E-state index is 0.0335. The summed E-state index contributed by atoms with van der Waals surface area (Å²) >= 11 is 0. The van der Waals surface area contributed by atoms with Gasteiger partial charge in [-0.1, -0.05) is 61.7 Å². The number of rotatable bonds is 5. The van der Waals surface area contributed by atoms with Gasteiger partial charge in [0.15, 0.2) is 0 Å². The van der Waals surface area contributed by atoms with Gasteiger partial charge in [-0.25, -0.2) is 4.79 Å². The first-order chi connectivity index (χ1) is 16.6. The Hall–Kier alpha value is -3.86. The zero-order valence-corrected chi connectivity index (χ0v) is 19.2. The fourth-order valence-corrected chi connectivity index (χ4v) is 4.79. The Morgan fingerprint density at radius 2 is 1.68 bits per heavy atom. The van der Waals surface area contributed by atoms with Crippen molar-refractivity contribution in [3.05, 3.63) is 95.3 Å². The zero-order valence-electron chi connectivity index (χ0n) is 19.2. The molecule has 0 saturated heterocycles. The van der Waals surface area contributed by atoms with Crippen LogP contribution in [0.5, 0.6) is 0 Å². The molecule has 0 bridgehead atoms. The molecule has 1 aromatic heterocycles. The number of carbonyl (C=O) groups is 2. The highest BCUT2D eigenvalue weighted by atomic mass is 16.5. The molecule has 172 valence electrons. The summed E-state index contributed by atoms with van der Waals surface area (Å²) in [5.41, 5.74) is 3.98. The van der Waals surface area contributed by atoms with E-state index in [1.807, 2.05) is 59.5 Å². The normalized spacial score (nSPS) is 17.8. The maximum absolute atomic E-state index is 13.5. The Morgan fingerprint density at radius 3 is 2.38 bits per heavy atom. The van der Waals surface area contributed by atoms with Gasteiger partial charge in [0.1, 0.15) is 11.5 Å². The molecule has 1 aliphatic heterocycles. The van der Waals surface area contributed by atoms with E-state index >= 15 is 0 Å². The summed E-state index contributed by atoms with van der Waals surface area (Å²) in [4.78, 5) is 27.2. The highest BCUT2D eigenvalue weighted by Crippen LogP contribution is 2.37. The predicted molar refractivity (Wildman–Crippen MR) is 132 cm³/mol. The van der Waals surface area contributed by atoms with Crippen LogP contribution in [-0.2, 0) is 9.53 Å². The molecule has 2 aromatic carbocycles. The van der Waals surface area contributed by atoms with Crippen molar-refractivity contribution in [1.29, 1.82) is 0 Å². The van der Waals surface area contributed by atoms with Gasteiger partial charge in [-0.15, -0.1) is 0 Å². The number of ether oxygens (including phenoxy) is 1. The second-order valence-electron chi connectivity index (χ2n) is 8.73. The first-order valence-electron chi connectivity index (χ1n) is 11.7. The number of hydrogen-bond acceptors (Lipinski definition) is 4. The summed E-state index contributed by atoms with van der Waals surface area (Å²) < 4.78 is 10.8. The van der Waals surface area contributed by atoms with Crippen molar-refractivity contribution in [2.45, 2.75) is 38.1 Å². The molecule has 1 aliphatic carbocycles. The van der Waals surface area contributed by atoms with Crippen LogP contribution in [0.1, 0.15) is 53.8 Å². The van der Waals surface area contributed by atoms with E-state index < -0.39 is 0 Å². The summed E-state index contributed by atoms with van der Waals surface area (Å²) in [6.07, 6.45) is 9.44. The van der Waals surface area contributed by atoms with Crippen molar-refractivity contribution in [3.63, 3.8) is 0 Å². The lowest BCUT2D eigenvalue weighted by molar-refractivity contribution is -0.125. The van der Waals surface area contributed by atoms with Crippen molar-refractivity contribution in [1.82, 2.24) is 4.90 Å². The van der Waals surface area contributed by atoms with Crippen LogP contribution in [0, 0.1) is 0 Å². The largest absolute Gasteiger partial charge is 0.465 e. The minimum atomic E-state index is -0.375. The van der Waals surface area contributed by atoms with E-state index in [0.29, 0.717) is 22.7 Å². The second kappa shape index (κ2) is 9.56. The lowest BCUT2D eigenvalue weighted by atomic mass is 9.93. The van der Waals surface area contributed by atoms with Gasteiger partial charge in [0.25, 0.3) is 5.91 Å². The third-order valence-corrected chi connectivity index (χ3v) is 6.54. The molecule has 5 rings (SSSR count). The van der Waals surface area contributed by atoms with E-state index in [1.54, 1.807) is 12.1 Å². The molecule has 1 amide bonds. The number of nitrogens with zero attached hydrogens (tertiary/aromatic N) is 1. The van der Waals surface area contributed by atoms with Crippen LogP contribution in [0.25, 0.3) is 23.1 Å². The van der Waals surface area contributed by atoms with Crippen LogP contribution in [0.4, 0.5) is 0 Å².